The molecule has 0 spiro atoms. The molecule has 3 rings (SSSR count). The number of ether oxygens (including phenoxy) is 5. The van der Waals surface area contributed by atoms with Gasteiger partial charge in [-0.05, 0) is 59.2 Å². The van der Waals surface area contributed by atoms with Crippen molar-refractivity contribution in [2.75, 3.05) is 54.7 Å². The second kappa shape index (κ2) is 26.0. The number of nitrogens with zero attached hydrogens (tertiary/aromatic N) is 1. The Bertz CT molecular complexity index is 1800. The van der Waals surface area contributed by atoms with Crippen LogP contribution in [0.3, 0.4) is 0 Å². The lowest BCUT2D eigenvalue weighted by Crippen LogP contribution is -2.64. The summed E-state index contributed by atoms with van der Waals surface area (Å²) in [7, 11) is 6.15. The van der Waals surface area contributed by atoms with Crippen molar-refractivity contribution in [1.29, 1.82) is 0 Å². The number of nitrogens with one attached hydrogen (secondary N) is 5. The Morgan fingerprint density at radius 1 is 0.705 bits per heavy atom. The number of nitrogens with two attached hydrogens (primary N) is 1. The van der Waals surface area contributed by atoms with Gasteiger partial charge in [-0.1, -0.05) is 76.2 Å². The molecule has 5 atom stereocenters. The van der Waals surface area contributed by atoms with Crippen molar-refractivity contribution in [3.63, 3.8) is 0 Å². The summed E-state index contributed by atoms with van der Waals surface area (Å²) in [5.74, 6) is -1.17. The number of methoxy groups -OCH3 is 4. The highest BCUT2D eigenvalue weighted by molar-refractivity contribution is 5.91. The Morgan fingerprint density at radius 3 is 1.80 bits per heavy atom. The van der Waals surface area contributed by atoms with Crippen molar-refractivity contribution in [3.8, 4) is 17.2 Å². The predicted octanol–water partition coefficient (Wildman–Crippen LogP) is 3.13. The quantitative estimate of drug-likeness (QED) is 0.0352. The Hall–Kier alpha value is -5.46. The van der Waals surface area contributed by atoms with Crippen LogP contribution in [0.2, 0.25) is 0 Å². The molecule has 0 bridgehead atoms. The Labute approximate surface area is 359 Å². The first-order valence-corrected chi connectivity index (χ1v) is 20.3. The lowest BCUT2D eigenvalue weighted by atomic mass is 9.82. The Morgan fingerprint density at radius 2 is 1.26 bits per heavy atom. The molecule has 17 heteroatoms. The zero-order valence-electron chi connectivity index (χ0n) is 36.6. The molecule has 0 heterocycles. The van der Waals surface area contributed by atoms with Gasteiger partial charge in [0.25, 0.3) is 5.91 Å². The van der Waals surface area contributed by atoms with Crippen LogP contribution < -0.4 is 46.6 Å². The number of carbonyl (C=O) groups is 4. The maximum Gasteiger partial charge on any atom is 0.315 e. The topological polar surface area (TPSA) is 224 Å². The number of urea groups is 2. The normalized spacial score (nSPS) is 13.7. The van der Waals surface area contributed by atoms with Gasteiger partial charge in [0.2, 0.25) is 0 Å². The highest BCUT2D eigenvalue weighted by Gasteiger charge is 2.40. The van der Waals surface area contributed by atoms with Crippen molar-refractivity contribution < 1.29 is 48.0 Å². The molecule has 1 unspecified atom stereocenters. The molecule has 0 fully saturated rings. The largest absolute Gasteiger partial charge is 0.493 e. The number of carbonyl (C=O) groups excluding carboxylic acids is 4. The number of benzene rings is 3. The van der Waals surface area contributed by atoms with E-state index in [4.69, 9.17) is 29.4 Å². The predicted molar refractivity (Wildman–Crippen MR) is 231 cm³/mol. The van der Waals surface area contributed by atoms with E-state index < -0.39 is 54.0 Å². The molecule has 0 aliphatic rings. The van der Waals surface area contributed by atoms with E-state index >= 15 is 0 Å². The molecular weight excluding hydrogens is 787 g/mol. The molecule has 0 aliphatic heterocycles. The van der Waals surface area contributed by atoms with Crippen LogP contribution in [0.1, 0.15) is 44.4 Å². The molecule has 8 N–H and O–H groups in total. The average Bonchev–Trinajstić information content (AvgIpc) is 3.25. The van der Waals surface area contributed by atoms with Crippen LogP contribution >= 0.6 is 0 Å². The number of hydrazine groups is 1. The molecule has 0 aromatic heterocycles. The number of ketones is 1. The molecule has 0 saturated carbocycles. The van der Waals surface area contributed by atoms with Gasteiger partial charge in [-0.25, -0.2) is 9.59 Å². The van der Waals surface area contributed by atoms with Crippen molar-refractivity contribution in [3.05, 3.63) is 89.5 Å². The summed E-state index contributed by atoms with van der Waals surface area (Å²) >= 11 is 0. The van der Waals surface area contributed by atoms with Crippen molar-refractivity contribution >= 4 is 23.8 Å². The summed E-state index contributed by atoms with van der Waals surface area (Å²) < 4.78 is 26.8. The molecule has 0 saturated heterocycles. The minimum atomic E-state index is -1.57. The van der Waals surface area contributed by atoms with Crippen LogP contribution in [0.25, 0.3) is 0 Å². The summed E-state index contributed by atoms with van der Waals surface area (Å²) in [5.41, 5.74) is 12.0. The van der Waals surface area contributed by atoms with Crippen LogP contribution in [0.5, 0.6) is 17.2 Å². The maximum atomic E-state index is 14.5. The molecular formula is C44H65N7O10. The molecule has 17 nitrogen and oxygen atoms in total. The van der Waals surface area contributed by atoms with Gasteiger partial charge >= 0.3 is 12.1 Å². The van der Waals surface area contributed by atoms with Gasteiger partial charge in [-0.2, -0.15) is 5.01 Å². The standard InChI is InChI=1S/C44H65N7O10/c1-28(2)37(48-43(55)46-20-22-57-5)39(52)34(24-30-12-10-9-11-13-30)40(53)41(45)51(50-42(54)38(29(3)4)49-44(56)47-21-23-58-6)26-31-14-17-33(18-15-31)61-27-32-16-19-35(59-7)36(25-32)60-8/h9-19,25,28-29,34,37-38,40-41,53H,20-24,26-27,45H2,1-8H3,(H,50,54)(H2,46,48,55)(H2,47,49,56)/t34-,37+,38+,40+,41?/m1/s1. The number of Topliss-reactive ketones (excluding diaryl/α,β-unsaturated/α-hetero) is 1. The molecule has 5 amide bonds. The van der Waals surface area contributed by atoms with E-state index in [1.54, 1.807) is 72.2 Å². The number of aliphatic hydroxyl groups excluding tert-OH is 1. The molecule has 3 aromatic carbocycles. The Kier molecular flexibility index (Phi) is 21.3. The first kappa shape index (κ1) is 49.9. The third-order valence-electron chi connectivity index (χ3n) is 9.85. The summed E-state index contributed by atoms with van der Waals surface area (Å²) in [6.07, 6.45) is -2.86. The van der Waals surface area contributed by atoms with Gasteiger partial charge in [-0.3, -0.25) is 15.0 Å². The zero-order valence-corrected chi connectivity index (χ0v) is 36.6. The first-order valence-electron chi connectivity index (χ1n) is 20.3. The fraction of sp³-hybridized carbons (Fsp3) is 0.500. The van der Waals surface area contributed by atoms with Crippen molar-refractivity contribution in [1.82, 2.24) is 31.7 Å². The summed E-state index contributed by atoms with van der Waals surface area (Å²) in [6.45, 7) is 8.37. The molecule has 0 radical (unpaired) electrons. The zero-order chi connectivity index (χ0) is 44.9. The minimum absolute atomic E-state index is 0.0230. The molecule has 3 aromatic rings. The van der Waals surface area contributed by atoms with Gasteiger partial charge in [0.1, 0.15) is 24.6 Å². The summed E-state index contributed by atoms with van der Waals surface area (Å²) in [6, 6.07) is 18.6. The van der Waals surface area contributed by atoms with Crippen molar-refractivity contribution in [2.45, 2.75) is 71.6 Å². The number of aliphatic hydroxyl groups is 1. The molecule has 61 heavy (non-hydrogen) atoms. The number of hydrogen-bond donors (Lipinski definition) is 7. The monoisotopic (exact) mass is 851 g/mol. The lowest BCUT2D eigenvalue weighted by molar-refractivity contribution is -0.136. The summed E-state index contributed by atoms with van der Waals surface area (Å²) in [5, 5.41) is 24.4. The third kappa shape index (κ3) is 16.2. The van der Waals surface area contributed by atoms with Gasteiger partial charge in [0.15, 0.2) is 17.3 Å². The fourth-order valence-electron chi connectivity index (χ4n) is 6.39. The van der Waals surface area contributed by atoms with E-state index in [2.05, 4.69) is 26.7 Å². The average molecular weight is 852 g/mol. The van der Waals surface area contributed by atoms with Crippen LogP contribution in [0.15, 0.2) is 72.8 Å². The lowest BCUT2D eigenvalue weighted by Gasteiger charge is -2.37. The van der Waals surface area contributed by atoms with E-state index in [-0.39, 0.29) is 57.7 Å². The maximum absolute atomic E-state index is 14.5. The van der Waals surface area contributed by atoms with E-state index in [0.717, 1.165) is 11.1 Å². The third-order valence-corrected chi connectivity index (χ3v) is 9.85. The number of rotatable bonds is 26. The minimum Gasteiger partial charge on any atom is -0.493 e. The van der Waals surface area contributed by atoms with Gasteiger partial charge in [-0.15, -0.1) is 0 Å². The van der Waals surface area contributed by atoms with E-state index in [1.165, 1.54) is 19.2 Å². The van der Waals surface area contributed by atoms with Crippen molar-refractivity contribution in [2.24, 2.45) is 23.5 Å². The number of hydrogen-bond acceptors (Lipinski definition) is 12. The second-order valence-electron chi connectivity index (χ2n) is 15.1. The summed E-state index contributed by atoms with van der Waals surface area (Å²) in [4.78, 5) is 54.2. The highest BCUT2D eigenvalue weighted by Crippen LogP contribution is 2.28. The Balaban J connectivity index is 1.96. The van der Waals surface area contributed by atoms with Gasteiger partial charge < -0.3 is 55.8 Å². The van der Waals surface area contributed by atoms with Crippen LogP contribution in [-0.2, 0) is 38.6 Å². The first-order chi connectivity index (χ1) is 29.2. The molecule has 336 valence electrons. The fourth-order valence-corrected chi connectivity index (χ4v) is 6.39. The van der Waals surface area contributed by atoms with Crippen LogP contribution in [0.4, 0.5) is 9.59 Å². The highest BCUT2D eigenvalue weighted by atomic mass is 16.5. The van der Waals surface area contributed by atoms with Gasteiger partial charge in [0.05, 0.1) is 45.5 Å². The SMILES string of the molecule is COCCNC(=O)N[C@H](C(=O)NN(Cc1ccc(OCc2ccc(OC)c(OC)c2)cc1)C(N)[C@@H](O)[C@H](Cc1ccccc1)C(=O)[C@@H](NC(=O)NCCOC)C(C)C)C(C)C. The van der Waals surface area contributed by atoms with E-state index in [9.17, 15) is 24.3 Å². The molecule has 0 aliphatic carbocycles. The van der Waals surface area contributed by atoms with E-state index in [1.807, 2.05) is 42.5 Å². The van der Waals surface area contributed by atoms with E-state index in [0.29, 0.717) is 22.8 Å². The van der Waals surface area contributed by atoms with Crippen LogP contribution in [0, 0.1) is 17.8 Å². The van der Waals surface area contributed by atoms with Gasteiger partial charge in [0, 0.05) is 33.9 Å². The second-order valence-corrected chi connectivity index (χ2v) is 15.1. The number of amides is 5. The van der Waals surface area contributed by atoms with Crippen LogP contribution in [-0.4, -0.2) is 113 Å². The smallest absolute Gasteiger partial charge is 0.315 e.